The number of aromatic nitrogens is 2. The van der Waals surface area contributed by atoms with Crippen LogP contribution in [0.4, 0.5) is 5.82 Å². The highest BCUT2D eigenvalue weighted by atomic mass is 16.5. The van der Waals surface area contributed by atoms with Crippen LogP contribution in [0.1, 0.15) is 20.8 Å². The van der Waals surface area contributed by atoms with E-state index in [1.165, 1.54) is 6.33 Å². The molecule has 0 aliphatic rings. The fourth-order valence-corrected chi connectivity index (χ4v) is 2.03. The average molecular weight is 287 g/mol. The molecule has 0 aliphatic heterocycles. The molecule has 21 heavy (non-hydrogen) atoms. The van der Waals surface area contributed by atoms with Crippen LogP contribution < -0.4 is 14.8 Å². The van der Waals surface area contributed by atoms with E-state index in [1.54, 1.807) is 7.11 Å². The maximum absolute atomic E-state index is 5.65. The Kier molecular flexibility index (Phi) is 4.98. The molecule has 0 atom stereocenters. The summed E-state index contributed by atoms with van der Waals surface area (Å²) >= 11 is 0. The van der Waals surface area contributed by atoms with Gasteiger partial charge in [0.2, 0.25) is 0 Å². The molecule has 1 heterocycles. The molecule has 0 spiro atoms. The number of rotatable bonds is 6. The second kappa shape index (κ2) is 6.92. The Bertz CT molecular complexity index is 583. The van der Waals surface area contributed by atoms with Gasteiger partial charge in [0, 0.05) is 12.1 Å². The first-order valence-electron chi connectivity index (χ1n) is 7.05. The van der Waals surface area contributed by atoms with Gasteiger partial charge in [0.25, 0.3) is 0 Å². The average Bonchev–Trinajstić information content (AvgIpc) is 2.47. The lowest BCUT2D eigenvalue weighted by atomic mass is 10.1. The van der Waals surface area contributed by atoms with E-state index in [-0.39, 0.29) is 6.10 Å². The van der Waals surface area contributed by atoms with E-state index < -0.39 is 0 Å². The normalized spacial score (nSPS) is 10.5. The molecule has 1 aromatic heterocycles. The molecule has 2 aromatic rings. The fourth-order valence-electron chi connectivity index (χ4n) is 2.03. The van der Waals surface area contributed by atoms with Crippen LogP contribution in [0.15, 0.2) is 30.6 Å². The number of ether oxygens (including phenoxy) is 2. The zero-order valence-electron chi connectivity index (χ0n) is 12.9. The van der Waals surface area contributed by atoms with Crippen molar-refractivity contribution < 1.29 is 9.47 Å². The highest BCUT2D eigenvalue weighted by Crippen LogP contribution is 2.33. The van der Waals surface area contributed by atoms with E-state index in [9.17, 15) is 0 Å². The number of methoxy groups -OCH3 is 1. The van der Waals surface area contributed by atoms with Crippen molar-refractivity contribution in [1.29, 1.82) is 0 Å². The minimum atomic E-state index is 0.157. The summed E-state index contributed by atoms with van der Waals surface area (Å²) in [4.78, 5) is 8.55. The molecule has 0 radical (unpaired) electrons. The molecule has 0 bridgehead atoms. The summed E-state index contributed by atoms with van der Waals surface area (Å²) in [5.74, 6) is 2.19. The predicted molar refractivity (Wildman–Crippen MR) is 83.9 cm³/mol. The lowest BCUT2D eigenvalue weighted by molar-refractivity contribution is 0.242. The topological polar surface area (TPSA) is 56.3 Å². The number of nitrogens with one attached hydrogen (secondary N) is 1. The number of anilines is 1. The number of hydrogen-bond acceptors (Lipinski definition) is 5. The van der Waals surface area contributed by atoms with Gasteiger partial charge in [-0.25, -0.2) is 9.97 Å². The van der Waals surface area contributed by atoms with Crippen molar-refractivity contribution in [3.05, 3.63) is 30.6 Å². The van der Waals surface area contributed by atoms with Gasteiger partial charge in [-0.15, -0.1) is 0 Å². The molecule has 2 rings (SSSR count). The highest BCUT2D eigenvalue weighted by molar-refractivity contribution is 5.72. The summed E-state index contributed by atoms with van der Waals surface area (Å²) in [6.07, 6.45) is 1.69. The molecule has 5 nitrogen and oxygen atoms in total. The second-order valence-corrected chi connectivity index (χ2v) is 4.83. The van der Waals surface area contributed by atoms with Crippen LogP contribution >= 0.6 is 0 Å². The summed E-state index contributed by atoms with van der Waals surface area (Å²) in [5, 5.41) is 3.17. The molecule has 0 unspecified atom stereocenters. The molecular weight excluding hydrogens is 266 g/mol. The van der Waals surface area contributed by atoms with Crippen molar-refractivity contribution >= 4 is 5.82 Å². The molecule has 1 aromatic carbocycles. The smallest absolute Gasteiger partial charge is 0.187 e. The Balaban J connectivity index is 2.35. The van der Waals surface area contributed by atoms with Crippen molar-refractivity contribution in [3.63, 3.8) is 0 Å². The van der Waals surface area contributed by atoms with Crippen LogP contribution in [-0.2, 0) is 0 Å². The van der Waals surface area contributed by atoms with E-state index >= 15 is 0 Å². The molecule has 0 aliphatic carbocycles. The van der Waals surface area contributed by atoms with E-state index in [4.69, 9.17) is 9.47 Å². The minimum Gasteiger partial charge on any atom is -0.491 e. The van der Waals surface area contributed by atoms with Crippen LogP contribution in [0.3, 0.4) is 0 Å². The third kappa shape index (κ3) is 3.62. The Hall–Kier alpha value is -2.30. The Morgan fingerprint density at radius 1 is 1.14 bits per heavy atom. The summed E-state index contributed by atoms with van der Waals surface area (Å²) in [7, 11) is 1.62. The van der Waals surface area contributed by atoms with Gasteiger partial charge in [0.15, 0.2) is 11.6 Å². The van der Waals surface area contributed by atoms with E-state index in [2.05, 4.69) is 15.3 Å². The Labute approximate surface area is 125 Å². The summed E-state index contributed by atoms with van der Waals surface area (Å²) in [6, 6.07) is 7.81. The predicted octanol–water partition coefficient (Wildman–Crippen LogP) is 3.37. The Morgan fingerprint density at radius 2 is 1.86 bits per heavy atom. The van der Waals surface area contributed by atoms with E-state index in [0.717, 1.165) is 23.6 Å². The van der Waals surface area contributed by atoms with Gasteiger partial charge in [0.1, 0.15) is 17.8 Å². The van der Waals surface area contributed by atoms with Crippen LogP contribution in [0, 0.1) is 0 Å². The summed E-state index contributed by atoms with van der Waals surface area (Å²) in [5.41, 5.74) is 1.73. The van der Waals surface area contributed by atoms with Gasteiger partial charge in [-0.1, -0.05) is 0 Å². The molecule has 0 amide bonds. The van der Waals surface area contributed by atoms with Crippen molar-refractivity contribution in [2.75, 3.05) is 19.0 Å². The van der Waals surface area contributed by atoms with Crippen LogP contribution in [0.2, 0.25) is 0 Å². The zero-order valence-corrected chi connectivity index (χ0v) is 12.9. The summed E-state index contributed by atoms with van der Waals surface area (Å²) in [6.45, 7) is 6.79. The number of hydrogen-bond donors (Lipinski definition) is 1. The van der Waals surface area contributed by atoms with Crippen molar-refractivity contribution in [1.82, 2.24) is 9.97 Å². The molecule has 0 saturated carbocycles. The first-order valence-corrected chi connectivity index (χ1v) is 7.05. The van der Waals surface area contributed by atoms with Gasteiger partial charge in [0.05, 0.1) is 13.2 Å². The molecule has 5 heteroatoms. The van der Waals surface area contributed by atoms with E-state index in [0.29, 0.717) is 11.6 Å². The third-order valence-corrected chi connectivity index (χ3v) is 2.85. The molecule has 1 N–H and O–H groups in total. The van der Waals surface area contributed by atoms with Crippen molar-refractivity contribution in [2.24, 2.45) is 0 Å². The van der Waals surface area contributed by atoms with Gasteiger partial charge < -0.3 is 14.8 Å². The Morgan fingerprint density at radius 3 is 2.43 bits per heavy atom. The largest absolute Gasteiger partial charge is 0.491 e. The number of benzene rings is 1. The standard InChI is InChI=1S/C16H21N3O2/c1-5-17-16-15(20-4)14(18-10-19-16)12-6-8-13(9-7-12)21-11(2)3/h6-11H,5H2,1-4H3,(H,17,18,19). The van der Waals surface area contributed by atoms with Crippen LogP contribution in [0.5, 0.6) is 11.5 Å². The van der Waals surface area contributed by atoms with Crippen LogP contribution in [-0.4, -0.2) is 29.7 Å². The van der Waals surface area contributed by atoms with Crippen molar-refractivity contribution in [3.8, 4) is 22.8 Å². The summed E-state index contributed by atoms with van der Waals surface area (Å²) < 4.78 is 11.1. The lowest BCUT2D eigenvalue weighted by Crippen LogP contribution is -2.05. The zero-order chi connectivity index (χ0) is 15.2. The lowest BCUT2D eigenvalue weighted by Gasteiger charge is -2.13. The molecule has 112 valence electrons. The van der Waals surface area contributed by atoms with Gasteiger partial charge in [-0.2, -0.15) is 0 Å². The monoisotopic (exact) mass is 287 g/mol. The first-order chi connectivity index (χ1) is 10.2. The molecular formula is C16H21N3O2. The van der Waals surface area contributed by atoms with E-state index in [1.807, 2.05) is 45.0 Å². The fraction of sp³-hybridized carbons (Fsp3) is 0.375. The third-order valence-electron chi connectivity index (χ3n) is 2.85. The maximum atomic E-state index is 5.65. The minimum absolute atomic E-state index is 0.157. The molecule has 0 fully saturated rings. The number of nitrogens with zero attached hydrogens (tertiary/aromatic N) is 2. The van der Waals surface area contributed by atoms with Crippen LogP contribution in [0.25, 0.3) is 11.3 Å². The second-order valence-electron chi connectivity index (χ2n) is 4.83. The van der Waals surface area contributed by atoms with Gasteiger partial charge >= 0.3 is 0 Å². The first kappa shape index (κ1) is 15.1. The van der Waals surface area contributed by atoms with Gasteiger partial charge in [-0.3, -0.25) is 0 Å². The highest BCUT2D eigenvalue weighted by Gasteiger charge is 2.13. The van der Waals surface area contributed by atoms with Crippen molar-refractivity contribution in [2.45, 2.75) is 26.9 Å². The maximum Gasteiger partial charge on any atom is 0.187 e. The SMILES string of the molecule is CCNc1ncnc(-c2ccc(OC(C)C)cc2)c1OC. The van der Waals surface area contributed by atoms with Gasteiger partial charge in [-0.05, 0) is 45.0 Å². The molecule has 0 saturated heterocycles. The quantitative estimate of drug-likeness (QED) is 0.882.